The van der Waals surface area contributed by atoms with E-state index in [-0.39, 0.29) is 17.9 Å². The lowest BCUT2D eigenvalue weighted by Crippen LogP contribution is -2.38. The third-order valence-corrected chi connectivity index (χ3v) is 8.39. The Bertz CT molecular complexity index is 1400. The van der Waals surface area contributed by atoms with Gasteiger partial charge >= 0.3 is 0 Å². The van der Waals surface area contributed by atoms with Crippen LogP contribution in [-0.2, 0) is 17.6 Å². The summed E-state index contributed by atoms with van der Waals surface area (Å²) in [4.78, 5) is 38.2. The van der Waals surface area contributed by atoms with Crippen molar-refractivity contribution in [3.8, 4) is 0 Å². The third kappa shape index (κ3) is 4.04. The SMILES string of the molecule is CC1Cc2ccccc2N1C(=O)c1csc(C2CCN(C(=O)Cc3c[nH]c4ccccc34)CC2)n1. The van der Waals surface area contributed by atoms with Crippen molar-refractivity contribution in [1.29, 1.82) is 0 Å². The standard InChI is InChI=1S/C28H28N4O2S/c1-18-14-20-6-2-5-9-25(20)32(18)28(34)24-17-35-27(30-24)19-10-12-31(13-11-19)26(33)15-21-16-29-23-8-4-3-7-22(21)23/h2-9,16-19,29H,10-15H2,1H3. The lowest BCUT2D eigenvalue weighted by atomic mass is 9.97. The number of piperidine rings is 1. The van der Waals surface area contributed by atoms with Crippen LogP contribution >= 0.6 is 11.3 Å². The molecule has 6 rings (SSSR count). The van der Waals surface area contributed by atoms with Gasteiger partial charge in [-0.3, -0.25) is 9.59 Å². The monoisotopic (exact) mass is 484 g/mol. The van der Waals surface area contributed by atoms with Gasteiger partial charge in [-0.1, -0.05) is 36.4 Å². The number of hydrogen-bond donors (Lipinski definition) is 1. The third-order valence-electron chi connectivity index (χ3n) is 7.38. The summed E-state index contributed by atoms with van der Waals surface area (Å²) in [5.74, 6) is 0.447. The highest BCUT2D eigenvalue weighted by Crippen LogP contribution is 2.35. The lowest BCUT2D eigenvalue weighted by molar-refractivity contribution is -0.131. The van der Waals surface area contributed by atoms with Gasteiger partial charge in [0, 0.05) is 53.2 Å². The summed E-state index contributed by atoms with van der Waals surface area (Å²) in [7, 11) is 0. The molecule has 2 aliphatic heterocycles. The zero-order valence-corrected chi connectivity index (χ0v) is 20.6. The summed E-state index contributed by atoms with van der Waals surface area (Å²) in [5, 5.41) is 4.03. The van der Waals surface area contributed by atoms with Crippen molar-refractivity contribution in [2.45, 2.75) is 44.6 Å². The molecular weight excluding hydrogens is 456 g/mol. The summed E-state index contributed by atoms with van der Waals surface area (Å²) in [5.41, 5.74) is 4.87. The van der Waals surface area contributed by atoms with Crippen LogP contribution in [0.25, 0.3) is 10.9 Å². The molecule has 1 saturated heterocycles. The number of para-hydroxylation sites is 2. The van der Waals surface area contributed by atoms with Gasteiger partial charge in [0.2, 0.25) is 5.91 Å². The van der Waals surface area contributed by atoms with Gasteiger partial charge in [-0.25, -0.2) is 4.98 Å². The number of likely N-dealkylation sites (tertiary alicyclic amines) is 1. The summed E-state index contributed by atoms with van der Waals surface area (Å²) in [6.07, 6.45) is 5.00. The van der Waals surface area contributed by atoms with Gasteiger partial charge in [0.25, 0.3) is 5.91 Å². The van der Waals surface area contributed by atoms with Crippen LogP contribution in [0.5, 0.6) is 0 Å². The Morgan fingerprint density at radius 3 is 2.71 bits per heavy atom. The molecule has 0 radical (unpaired) electrons. The van der Waals surface area contributed by atoms with Crippen LogP contribution in [-0.4, -0.2) is 45.8 Å². The molecule has 0 bridgehead atoms. The molecule has 0 saturated carbocycles. The van der Waals surface area contributed by atoms with E-state index in [1.54, 1.807) is 11.3 Å². The number of H-pyrrole nitrogens is 1. The topological polar surface area (TPSA) is 69.3 Å². The number of rotatable bonds is 4. The molecule has 35 heavy (non-hydrogen) atoms. The summed E-state index contributed by atoms with van der Waals surface area (Å²) in [6.45, 7) is 3.55. The normalized spacial score (nSPS) is 18.3. The fourth-order valence-corrected chi connectivity index (χ4v) is 6.47. The number of anilines is 1. The molecule has 1 fully saturated rings. The Hall–Kier alpha value is -3.45. The summed E-state index contributed by atoms with van der Waals surface area (Å²) < 4.78 is 0. The molecule has 1 unspecified atom stereocenters. The van der Waals surface area contributed by atoms with E-state index in [4.69, 9.17) is 4.98 Å². The van der Waals surface area contributed by atoms with Gasteiger partial charge in [0.05, 0.1) is 11.4 Å². The molecule has 2 amide bonds. The van der Waals surface area contributed by atoms with Gasteiger partial charge in [-0.05, 0) is 49.4 Å². The lowest BCUT2D eigenvalue weighted by Gasteiger charge is -2.31. The summed E-state index contributed by atoms with van der Waals surface area (Å²) >= 11 is 1.57. The van der Waals surface area contributed by atoms with E-state index in [0.717, 1.165) is 59.5 Å². The number of nitrogens with one attached hydrogen (secondary N) is 1. The molecule has 178 valence electrons. The van der Waals surface area contributed by atoms with Crippen molar-refractivity contribution in [2.24, 2.45) is 0 Å². The number of carbonyl (C=O) groups excluding carboxylic acids is 2. The number of hydrogen-bond acceptors (Lipinski definition) is 4. The van der Waals surface area contributed by atoms with Gasteiger partial charge in [-0.15, -0.1) is 11.3 Å². The van der Waals surface area contributed by atoms with E-state index in [2.05, 4.69) is 24.0 Å². The highest BCUT2D eigenvalue weighted by Gasteiger charge is 2.33. The van der Waals surface area contributed by atoms with Crippen molar-refractivity contribution < 1.29 is 9.59 Å². The van der Waals surface area contributed by atoms with Crippen molar-refractivity contribution >= 4 is 39.7 Å². The number of nitrogens with zero attached hydrogens (tertiary/aromatic N) is 3. The van der Waals surface area contributed by atoms with Crippen molar-refractivity contribution in [1.82, 2.24) is 14.9 Å². The zero-order valence-electron chi connectivity index (χ0n) is 19.7. The first-order chi connectivity index (χ1) is 17.1. The predicted molar refractivity (Wildman–Crippen MR) is 139 cm³/mol. The minimum absolute atomic E-state index is 0.0173. The number of aromatic amines is 1. The first kappa shape index (κ1) is 22.0. The molecule has 0 spiro atoms. The minimum Gasteiger partial charge on any atom is -0.361 e. The van der Waals surface area contributed by atoms with Gasteiger partial charge in [-0.2, -0.15) is 0 Å². The minimum atomic E-state index is -0.0173. The number of fused-ring (bicyclic) bond motifs is 2. The van der Waals surface area contributed by atoms with E-state index < -0.39 is 0 Å². The van der Waals surface area contributed by atoms with Gasteiger partial charge in [0.1, 0.15) is 5.69 Å². The van der Waals surface area contributed by atoms with E-state index in [1.165, 1.54) is 5.56 Å². The number of benzene rings is 2. The van der Waals surface area contributed by atoms with Crippen LogP contribution < -0.4 is 4.90 Å². The molecule has 7 heteroatoms. The Labute approximate surface area is 208 Å². The Morgan fingerprint density at radius 1 is 1.09 bits per heavy atom. The van der Waals surface area contributed by atoms with Crippen LogP contribution in [0.15, 0.2) is 60.1 Å². The quantitative estimate of drug-likeness (QED) is 0.435. The molecule has 4 heterocycles. The second kappa shape index (κ2) is 8.96. The fraction of sp³-hybridized carbons (Fsp3) is 0.321. The Balaban J connectivity index is 1.09. The van der Waals surface area contributed by atoms with E-state index >= 15 is 0 Å². The highest BCUT2D eigenvalue weighted by atomic mass is 32.1. The Morgan fingerprint density at radius 2 is 1.86 bits per heavy atom. The highest BCUT2D eigenvalue weighted by molar-refractivity contribution is 7.10. The van der Waals surface area contributed by atoms with Crippen LogP contribution in [0.4, 0.5) is 5.69 Å². The summed E-state index contributed by atoms with van der Waals surface area (Å²) in [6, 6.07) is 16.4. The smallest absolute Gasteiger partial charge is 0.278 e. The zero-order chi connectivity index (χ0) is 23.9. The van der Waals surface area contributed by atoms with Crippen molar-refractivity contribution in [2.75, 3.05) is 18.0 Å². The molecule has 6 nitrogen and oxygen atoms in total. The largest absolute Gasteiger partial charge is 0.361 e. The van der Waals surface area contributed by atoms with E-state index in [1.807, 2.05) is 57.8 Å². The molecule has 1 N–H and O–H groups in total. The van der Waals surface area contributed by atoms with Gasteiger partial charge < -0.3 is 14.8 Å². The van der Waals surface area contributed by atoms with Crippen molar-refractivity contribution in [3.63, 3.8) is 0 Å². The molecule has 1 atom stereocenters. The molecule has 0 aliphatic carbocycles. The molecule has 2 aromatic heterocycles. The van der Waals surface area contributed by atoms with E-state index in [9.17, 15) is 9.59 Å². The maximum Gasteiger partial charge on any atom is 0.278 e. The first-order valence-corrected chi connectivity index (χ1v) is 13.2. The number of aromatic nitrogens is 2. The maximum absolute atomic E-state index is 13.3. The fourth-order valence-electron chi connectivity index (χ4n) is 5.50. The van der Waals surface area contributed by atoms with E-state index in [0.29, 0.717) is 18.0 Å². The first-order valence-electron chi connectivity index (χ1n) is 12.3. The van der Waals surface area contributed by atoms with Crippen LogP contribution in [0.1, 0.15) is 52.3 Å². The number of thiazole rings is 1. The van der Waals surface area contributed by atoms with Crippen LogP contribution in [0, 0.1) is 0 Å². The van der Waals surface area contributed by atoms with Crippen LogP contribution in [0.3, 0.4) is 0 Å². The maximum atomic E-state index is 13.3. The molecule has 4 aromatic rings. The molecule has 2 aromatic carbocycles. The van der Waals surface area contributed by atoms with Crippen molar-refractivity contribution in [3.05, 3.63) is 81.9 Å². The second-order valence-corrected chi connectivity index (χ2v) is 10.5. The van der Waals surface area contributed by atoms with Crippen LogP contribution in [0.2, 0.25) is 0 Å². The molecular formula is C28H28N4O2S. The average molecular weight is 485 g/mol. The van der Waals surface area contributed by atoms with Gasteiger partial charge in [0.15, 0.2) is 0 Å². The number of amides is 2. The second-order valence-electron chi connectivity index (χ2n) is 9.62. The number of carbonyl (C=O) groups is 2. The molecule has 2 aliphatic rings. The Kier molecular flexibility index (Phi) is 5.65. The predicted octanol–water partition coefficient (Wildman–Crippen LogP) is 5.16. The average Bonchev–Trinajstić information content (AvgIpc) is 3.61.